The summed E-state index contributed by atoms with van der Waals surface area (Å²) in [7, 11) is 0. The van der Waals surface area contributed by atoms with Crippen molar-refractivity contribution in [1.29, 1.82) is 0 Å². The summed E-state index contributed by atoms with van der Waals surface area (Å²) < 4.78 is 11.5. The normalized spacial score (nSPS) is 12.4. The molecule has 3 rings (SSSR count). The third-order valence-corrected chi connectivity index (χ3v) is 3.82. The van der Waals surface area contributed by atoms with Crippen LogP contribution in [-0.4, -0.2) is 25.0 Å². The molecular weight excluding hydrogens is 364 g/mol. The van der Waals surface area contributed by atoms with Crippen LogP contribution in [0.1, 0.15) is 0 Å². The first-order valence-corrected chi connectivity index (χ1v) is 7.69. The zero-order chi connectivity index (χ0) is 16.2. The van der Waals surface area contributed by atoms with E-state index in [1.54, 1.807) is 36.4 Å². The molecule has 0 aromatic heterocycles. The van der Waals surface area contributed by atoms with Crippen LogP contribution in [0.25, 0.3) is 0 Å². The molecule has 0 fully saturated rings. The minimum absolute atomic E-state index is 0.451. The highest BCUT2D eigenvalue weighted by Gasteiger charge is 2.17. The molecule has 2 amide bonds. The van der Waals surface area contributed by atoms with Gasteiger partial charge in [0.1, 0.15) is 13.2 Å². The number of fused-ring (bicyclic) bond motifs is 1. The number of rotatable bonds is 2. The van der Waals surface area contributed by atoms with E-state index in [-0.39, 0.29) is 0 Å². The van der Waals surface area contributed by atoms with Gasteiger partial charge >= 0.3 is 11.8 Å². The smallest absolute Gasteiger partial charge is 0.314 e. The van der Waals surface area contributed by atoms with Crippen molar-refractivity contribution in [1.82, 2.24) is 0 Å². The number of hydrogen-bond donors (Lipinski definition) is 2. The predicted molar refractivity (Wildman–Crippen MR) is 88.8 cm³/mol. The van der Waals surface area contributed by atoms with E-state index >= 15 is 0 Å². The molecule has 0 unspecified atom stereocenters. The van der Waals surface area contributed by atoms with Gasteiger partial charge in [0.05, 0.1) is 5.69 Å². The molecule has 1 heterocycles. The van der Waals surface area contributed by atoms with Gasteiger partial charge in [-0.25, -0.2) is 0 Å². The van der Waals surface area contributed by atoms with E-state index in [1.807, 2.05) is 6.07 Å². The molecule has 2 aromatic rings. The first-order valence-electron chi connectivity index (χ1n) is 6.90. The Labute approximate surface area is 140 Å². The third kappa shape index (κ3) is 3.62. The number of ether oxygens (including phenoxy) is 2. The minimum Gasteiger partial charge on any atom is -0.486 e. The first-order chi connectivity index (χ1) is 11.1. The Kier molecular flexibility index (Phi) is 4.47. The zero-order valence-corrected chi connectivity index (χ0v) is 13.6. The number of carbonyl (C=O) groups excluding carboxylic acids is 2. The minimum atomic E-state index is -0.766. The molecule has 2 aromatic carbocycles. The summed E-state index contributed by atoms with van der Waals surface area (Å²) in [4.78, 5) is 23.9. The van der Waals surface area contributed by atoms with E-state index in [9.17, 15) is 9.59 Å². The standard InChI is InChI=1S/C16H13BrN2O4/c17-11-3-1-2-4-12(11)19-16(21)15(20)18-10-5-6-13-14(9-10)23-8-7-22-13/h1-6,9H,7-8H2,(H,18,20)(H,19,21). The molecule has 0 saturated heterocycles. The lowest BCUT2D eigenvalue weighted by molar-refractivity contribution is -0.133. The van der Waals surface area contributed by atoms with Gasteiger partial charge in [-0.15, -0.1) is 0 Å². The Morgan fingerprint density at radius 2 is 1.61 bits per heavy atom. The van der Waals surface area contributed by atoms with E-state index in [2.05, 4.69) is 26.6 Å². The van der Waals surface area contributed by atoms with Gasteiger partial charge in [-0.05, 0) is 40.2 Å². The van der Waals surface area contributed by atoms with Crippen molar-refractivity contribution in [2.24, 2.45) is 0 Å². The highest BCUT2D eigenvalue weighted by atomic mass is 79.9. The lowest BCUT2D eigenvalue weighted by atomic mass is 10.2. The lowest BCUT2D eigenvalue weighted by Gasteiger charge is -2.18. The van der Waals surface area contributed by atoms with Crippen molar-refractivity contribution in [3.05, 3.63) is 46.9 Å². The van der Waals surface area contributed by atoms with Crippen LogP contribution in [0, 0.1) is 0 Å². The Hall–Kier alpha value is -2.54. The van der Waals surface area contributed by atoms with Crippen molar-refractivity contribution < 1.29 is 19.1 Å². The molecular formula is C16H13BrN2O4. The van der Waals surface area contributed by atoms with Crippen LogP contribution in [-0.2, 0) is 9.59 Å². The van der Waals surface area contributed by atoms with Gasteiger partial charge in [0.2, 0.25) is 0 Å². The van der Waals surface area contributed by atoms with Crippen molar-refractivity contribution >= 4 is 39.1 Å². The largest absolute Gasteiger partial charge is 0.486 e. The number of benzene rings is 2. The third-order valence-electron chi connectivity index (χ3n) is 3.13. The molecule has 23 heavy (non-hydrogen) atoms. The fraction of sp³-hybridized carbons (Fsp3) is 0.125. The monoisotopic (exact) mass is 376 g/mol. The van der Waals surface area contributed by atoms with E-state index in [4.69, 9.17) is 9.47 Å². The van der Waals surface area contributed by atoms with Gasteiger partial charge in [-0.2, -0.15) is 0 Å². The Balaban J connectivity index is 1.67. The average Bonchev–Trinajstić information content (AvgIpc) is 2.56. The summed E-state index contributed by atoms with van der Waals surface area (Å²) in [5.74, 6) is -0.364. The second kappa shape index (κ2) is 6.70. The molecule has 0 aliphatic carbocycles. The van der Waals surface area contributed by atoms with Crippen LogP contribution in [0.15, 0.2) is 46.9 Å². The molecule has 0 radical (unpaired) electrons. The number of carbonyl (C=O) groups is 2. The molecule has 1 aliphatic rings. The van der Waals surface area contributed by atoms with Crippen LogP contribution >= 0.6 is 15.9 Å². The first kappa shape index (κ1) is 15.4. The summed E-state index contributed by atoms with van der Waals surface area (Å²) in [6.07, 6.45) is 0. The molecule has 0 spiro atoms. The number of amides is 2. The molecule has 118 valence electrons. The number of halogens is 1. The number of nitrogens with one attached hydrogen (secondary N) is 2. The molecule has 7 heteroatoms. The second-order valence-corrected chi connectivity index (χ2v) is 5.60. The Morgan fingerprint density at radius 3 is 2.39 bits per heavy atom. The predicted octanol–water partition coefficient (Wildman–Crippen LogP) is 2.80. The maximum Gasteiger partial charge on any atom is 0.314 e. The summed E-state index contributed by atoms with van der Waals surface area (Å²) in [6, 6.07) is 12.0. The fourth-order valence-electron chi connectivity index (χ4n) is 2.05. The molecule has 6 nitrogen and oxygen atoms in total. The van der Waals surface area contributed by atoms with E-state index in [1.165, 1.54) is 0 Å². The van der Waals surface area contributed by atoms with Crippen molar-refractivity contribution in [2.45, 2.75) is 0 Å². The Morgan fingerprint density at radius 1 is 0.913 bits per heavy atom. The van der Waals surface area contributed by atoms with Crippen LogP contribution in [0.5, 0.6) is 11.5 Å². The van der Waals surface area contributed by atoms with E-state index in [0.29, 0.717) is 40.6 Å². The molecule has 0 atom stereocenters. The highest BCUT2D eigenvalue weighted by Crippen LogP contribution is 2.32. The topological polar surface area (TPSA) is 76.7 Å². The summed E-state index contributed by atoms with van der Waals surface area (Å²) in [6.45, 7) is 0.944. The Bertz CT molecular complexity index is 763. The van der Waals surface area contributed by atoms with Crippen molar-refractivity contribution in [3.8, 4) is 11.5 Å². The molecule has 0 bridgehead atoms. The van der Waals surface area contributed by atoms with Gasteiger partial charge in [0, 0.05) is 16.2 Å². The summed E-state index contributed by atoms with van der Waals surface area (Å²) in [5.41, 5.74) is 0.983. The van der Waals surface area contributed by atoms with Crippen LogP contribution in [0.3, 0.4) is 0 Å². The van der Waals surface area contributed by atoms with Crippen LogP contribution in [0.4, 0.5) is 11.4 Å². The summed E-state index contributed by atoms with van der Waals surface area (Å²) in [5, 5.41) is 5.07. The molecule has 1 aliphatic heterocycles. The maximum atomic E-state index is 12.0. The van der Waals surface area contributed by atoms with Gasteiger partial charge in [-0.1, -0.05) is 12.1 Å². The fourth-order valence-corrected chi connectivity index (χ4v) is 2.43. The molecule has 0 saturated carbocycles. The second-order valence-electron chi connectivity index (χ2n) is 4.75. The van der Waals surface area contributed by atoms with E-state index < -0.39 is 11.8 Å². The molecule has 2 N–H and O–H groups in total. The SMILES string of the molecule is O=C(Nc1ccc2c(c1)OCCO2)C(=O)Nc1ccccc1Br. The highest BCUT2D eigenvalue weighted by molar-refractivity contribution is 9.10. The van der Waals surface area contributed by atoms with Gasteiger partial charge < -0.3 is 20.1 Å². The van der Waals surface area contributed by atoms with Crippen LogP contribution < -0.4 is 20.1 Å². The number of para-hydroxylation sites is 1. The number of hydrogen-bond acceptors (Lipinski definition) is 4. The van der Waals surface area contributed by atoms with Gasteiger partial charge in [0.15, 0.2) is 11.5 Å². The maximum absolute atomic E-state index is 12.0. The van der Waals surface area contributed by atoms with Crippen molar-refractivity contribution in [3.63, 3.8) is 0 Å². The summed E-state index contributed by atoms with van der Waals surface area (Å²) >= 11 is 3.31. The van der Waals surface area contributed by atoms with Crippen molar-refractivity contribution in [2.75, 3.05) is 23.8 Å². The average molecular weight is 377 g/mol. The van der Waals surface area contributed by atoms with Gasteiger partial charge in [0.25, 0.3) is 0 Å². The lowest BCUT2D eigenvalue weighted by Crippen LogP contribution is -2.29. The zero-order valence-electron chi connectivity index (χ0n) is 12.0. The van der Waals surface area contributed by atoms with Gasteiger partial charge in [-0.3, -0.25) is 9.59 Å². The van der Waals surface area contributed by atoms with Crippen LogP contribution in [0.2, 0.25) is 0 Å². The van der Waals surface area contributed by atoms with E-state index in [0.717, 1.165) is 0 Å². The number of anilines is 2. The quantitative estimate of drug-likeness (QED) is 0.790.